The van der Waals surface area contributed by atoms with E-state index in [1.165, 1.54) is 11.1 Å². The molecule has 1 aromatic carbocycles. The predicted molar refractivity (Wildman–Crippen MR) is 89.5 cm³/mol. The van der Waals surface area contributed by atoms with Crippen LogP contribution in [0.5, 0.6) is 0 Å². The smallest absolute Gasteiger partial charge is 0.0384 e. The van der Waals surface area contributed by atoms with Crippen LogP contribution >= 0.6 is 0 Å². The maximum atomic E-state index is 3.73. The number of hydrogen-bond acceptors (Lipinski definition) is 1. The minimum Gasteiger partial charge on any atom is -0.356 e. The molecule has 0 heterocycles. The molecule has 0 fully saturated rings. The first kappa shape index (κ1) is 14.1. The molecule has 0 saturated heterocycles. The van der Waals surface area contributed by atoms with E-state index < -0.39 is 0 Å². The lowest BCUT2D eigenvalue weighted by atomic mass is 9.99. The maximum Gasteiger partial charge on any atom is 0.0384 e. The fraction of sp³-hybridized carbons (Fsp3) is 0.158. The van der Waals surface area contributed by atoms with Crippen molar-refractivity contribution >= 4 is 11.3 Å². The molecule has 0 aliphatic heterocycles. The fourth-order valence-corrected chi connectivity index (χ4v) is 2.19. The van der Waals surface area contributed by atoms with Gasteiger partial charge in [-0.15, -0.1) is 0 Å². The highest BCUT2D eigenvalue weighted by molar-refractivity contribution is 5.75. The summed E-state index contributed by atoms with van der Waals surface area (Å²) < 4.78 is 0. The van der Waals surface area contributed by atoms with Gasteiger partial charge in [0.2, 0.25) is 0 Å². The summed E-state index contributed by atoms with van der Waals surface area (Å²) in [7, 11) is 0. The summed E-state index contributed by atoms with van der Waals surface area (Å²) in [5.41, 5.74) is 4.71. The number of rotatable bonds is 5. The zero-order valence-corrected chi connectivity index (χ0v) is 12.0. The van der Waals surface area contributed by atoms with Gasteiger partial charge in [-0.1, -0.05) is 49.1 Å². The number of benzene rings is 1. The molecule has 102 valence electrons. The number of hydrogen-bond donors (Lipinski definition) is 1. The van der Waals surface area contributed by atoms with Crippen molar-refractivity contribution in [3.63, 3.8) is 0 Å². The van der Waals surface area contributed by atoms with Crippen molar-refractivity contribution in [2.75, 3.05) is 5.32 Å². The molecule has 1 aromatic rings. The van der Waals surface area contributed by atoms with Crippen LogP contribution in [0, 0.1) is 0 Å². The number of nitrogens with one attached hydrogen (secondary N) is 1. The molecule has 0 bridgehead atoms. The molecule has 1 aliphatic rings. The van der Waals surface area contributed by atoms with Gasteiger partial charge in [-0.25, -0.2) is 0 Å². The average Bonchev–Trinajstić information content (AvgIpc) is 2.49. The number of allylic oxidation sites excluding steroid dienone is 8. The second-order valence-electron chi connectivity index (χ2n) is 4.70. The van der Waals surface area contributed by atoms with Crippen molar-refractivity contribution < 1.29 is 0 Å². The van der Waals surface area contributed by atoms with Crippen molar-refractivity contribution in [2.24, 2.45) is 0 Å². The van der Waals surface area contributed by atoms with E-state index in [9.17, 15) is 0 Å². The van der Waals surface area contributed by atoms with Crippen LogP contribution in [0.25, 0.3) is 5.57 Å². The van der Waals surface area contributed by atoms with Crippen LogP contribution in [0.1, 0.15) is 25.3 Å². The fourth-order valence-electron chi connectivity index (χ4n) is 2.19. The third kappa shape index (κ3) is 3.86. The molecule has 0 spiro atoms. The first-order chi connectivity index (χ1) is 9.83. The quantitative estimate of drug-likeness (QED) is 0.694. The van der Waals surface area contributed by atoms with Crippen LogP contribution in [-0.4, -0.2) is 0 Å². The van der Waals surface area contributed by atoms with Crippen LogP contribution in [0.2, 0.25) is 0 Å². The summed E-state index contributed by atoms with van der Waals surface area (Å²) in [6.45, 7) is 5.74. The summed E-state index contributed by atoms with van der Waals surface area (Å²) in [6.07, 6.45) is 16.8. The van der Waals surface area contributed by atoms with E-state index in [2.05, 4.69) is 54.4 Å². The summed E-state index contributed by atoms with van der Waals surface area (Å²) >= 11 is 0. The maximum absolute atomic E-state index is 3.73. The van der Waals surface area contributed by atoms with Crippen molar-refractivity contribution in [2.45, 2.75) is 19.8 Å². The Kier molecular flexibility index (Phi) is 5.19. The van der Waals surface area contributed by atoms with Crippen molar-refractivity contribution in [1.29, 1.82) is 0 Å². The highest BCUT2D eigenvalue weighted by Crippen LogP contribution is 2.23. The first-order valence-electron chi connectivity index (χ1n) is 7.03. The zero-order valence-electron chi connectivity index (χ0n) is 12.0. The van der Waals surface area contributed by atoms with E-state index in [0.29, 0.717) is 0 Å². The molecular weight excluding hydrogens is 242 g/mol. The topological polar surface area (TPSA) is 12.0 Å². The van der Waals surface area contributed by atoms with Gasteiger partial charge in [-0.3, -0.25) is 0 Å². The van der Waals surface area contributed by atoms with Crippen LogP contribution in [0.4, 0.5) is 5.69 Å². The second kappa shape index (κ2) is 7.34. The molecule has 0 radical (unpaired) electrons. The van der Waals surface area contributed by atoms with Crippen molar-refractivity contribution in [3.05, 3.63) is 84.6 Å². The molecule has 0 saturated carbocycles. The molecule has 2 rings (SSSR count). The van der Waals surface area contributed by atoms with Crippen molar-refractivity contribution in [3.8, 4) is 0 Å². The van der Waals surface area contributed by atoms with Crippen LogP contribution in [0.15, 0.2) is 79.1 Å². The first-order valence-corrected chi connectivity index (χ1v) is 7.03. The Morgan fingerprint density at radius 3 is 2.60 bits per heavy atom. The minimum absolute atomic E-state index is 1.03. The number of anilines is 1. The largest absolute Gasteiger partial charge is 0.356 e. The lowest BCUT2D eigenvalue weighted by Gasteiger charge is -2.10. The van der Waals surface area contributed by atoms with E-state index >= 15 is 0 Å². The van der Waals surface area contributed by atoms with E-state index in [1.807, 2.05) is 25.2 Å². The highest BCUT2D eigenvalue weighted by atomic mass is 14.9. The Balaban J connectivity index is 2.12. The van der Waals surface area contributed by atoms with E-state index in [1.54, 1.807) is 6.08 Å². The zero-order chi connectivity index (χ0) is 14.2. The van der Waals surface area contributed by atoms with Gasteiger partial charge in [0.25, 0.3) is 0 Å². The third-order valence-corrected chi connectivity index (χ3v) is 3.15. The van der Waals surface area contributed by atoms with Gasteiger partial charge in [0, 0.05) is 11.4 Å². The van der Waals surface area contributed by atoms with Gasteiger partial charge in [0.1, 0.15) is 0 Å². The minimum atomic E-state index is 1.03. The lowest BCUT2D eigenvalue weighted by Crippen LogP contribution is -1.96. The molecule has 0 unspecified atom stereocenters. The molecule has 1 aliphatic carbocycles. The molecule has 0 atom stereocenters. The van der Waals surface area contributed by atoms with Crippen LogP contribution in [0.3, 0.4) is 0 Å². The second-order valence-corrected chi connectivity index (χ2v) is 4.70. The van der Waals surface area contributed by atoms with Gasteiger partial charge in [-0.05, 0) is 55.2 Å². The predicted octanol–water partition coefficient (Wildman–Crippen LogP) is 5.48. The summed E-state index contributed by atoms with van der Waals surface area (Å²) in [5.74, 6) is 0. The third-order valence-electron chi connectivity index (χ3n) is 3.15. The average molecular weight is 263 g/mol. The van der Waals surface area contributed by atoms with Crippen LogP contribution in [-0.2, 0) is 0 Å². The summed E-state index contributed by atoms with van der Waals surface area (Å²) in [5, 5.41) is 3.38. The molecule has 0 amide bonds. The van der Waals surface area contributed by atoms with Crippen molar-refractivity contribution in [1.82, 2.24) is 0 Å². The summed E-state index contributed by atoms with van der Waals surface area (Å²) in [4.78, 5) is 0. The normalized spacial score (nSPS) is 15.2. The van der Waals surface area contributed by atoms with Gasteiger partial charge in [-0.2, -0.15) is 0 Å². The highest BCUT2D eigenvalue weighted by Gasteiger charge is 2.01. The Hall–Kier alpha value is -2.28. The van der Waals surface area contributed by atoms with Gasteiger partial charge in [0.15, 0.2) is 0 Å². The monoisotopic (exact) mass is 263 g/mol. The SMILES string of the molecule is C=C/C=C(\C=C/C)Nc1ccc(C2=CCCC=C2)cc1. The molecule has 0 aromatic heterocycles. The van der Waals surface area contributed by atoms with Gasteiger partial charge < -0.3 is 5.32 Å². The standard InChI is InChI=1S/C19H21N/c1-3-8-18(9-4-2)20-19-14-12-17(13-15-19)16-10-6-5-7-11-16/h3-4,6,8-15,20H,1,5,7H2,2H3/b9-4-,18-8+. The molecule has 1 nitrogen and oxygen atoms in total. The van der Waals surface area contributed by atoms with E-state index in [-0.39, 0.29) is 0 Å². The molecule has 20 heavy (non-hydrogen) atoms. The molecule has 1 heteroatoms. The van der Waals surface area contributed by atoms with Gasteiger partial charge >= 0.3 is 0 Å². The summed E-state index contributed by atoms with van der Waals surface area (Å²) in [6, 6.07) is 8.54. The molecule has 1 N–H and O–H groups in total. The van der Waals surface area contributed by atoms with Gasteiger partial charge in [0.05, 0.1) is 0 Å². The Bertz CT molecular complexity index is 568. The van der Waals surface area contributed by atoms with E-state index in [0.717, 1.165) is 24.2 Å². The Morgan fingerprint density at radius 2 is 2.00 bits per heavy atom. The lowest BCUT2D eigenvalue weighted by molar-refractivity contribution is 1.04. The Labute approximate surface area is 121 Å². The van der Waals surface area contributed by atoms with E-state index in [4.69, 9.17) is 0 Å². The Morgan fingerprint density at radius 1 is 1.20 bits per heavy atom. The molecular formula is C19H21N. The van der Waals surface area contributed by atoms with Crippen LogP contribution < -0.4 is 5.32 Å².